The van der Waals surface area contributed by atoms with Crippen molar-refractivity contribution in [2.75, 3.05) is 6.54 Å². The average Bonchev–Trinajstić information content (AvgIpc) is 2.48. The van der Waals surface area contributed by atoms with Crippen molar-refractivity contribution < 1.29 is 4.74 Å². The molecule has 3 heteroatoms. The molecule has 0 amide bonds. The monoisotopic (exact) mass is 347 g/mol. The van der Waals surface area contributed by atoms with Gasteiger partial charge in [-0.3, -0.25) is 0 Å². The molecule has 2 rings (SSSR count). The Labute approximate surface area is 135 Å². The molecule has 0 bridgehead atoms. The number of nitrogens with one attached hydrogen (secondary N) is 1. The highest BCUT2D eigenvalue weighted by molar-refractivity contribution is 9.10. The zero-order valence-corrected chi connectivity index (χ0v) is 14.4. The molecule has 1 atom stereocenters. The molecule has 2 nitrogen and oxygen atoms in total. The van der Waals surface area contributed by atoms with Crippen LogP contribution in [0, 0.1) is 6.92 Å². The summed E-state index contributed by atoms with van der Waals surface area (Å²) in [4.78, 5) is 0. The van der Waals surface area contributed by atoms with Crippen LogP contribution in [-0.4, -0.2) is 6.54 Å². The maximum atomic E-state index is 5.98. The molecule has 0 aromatic heterocycles. The van der Waals surface area contributed by atoms with Crippen LogP contribution in [0.25, 0.3) is 0 Å². The van der Waals surface area contributed by atoms with Crippen molar-refractivity contribution in [2.45, 2.75) is 33.2 Å². The summed E-state index contributed by atoms with van der Waals surface area (Å²) >= 11 is 3.55. The number of rotatable bonds is 6. The van der Waals surface area contributed by atoms with E-state index < -0.39 is 0 Å². The fraction of sp³-hybridized carbons (Fsp3) is 0.333. The Bertz CT molecular complexity index is 598. The molecule has 0 saturated heterocycles. The van der Waals surface area contributed by atoms with Crippen molar-refractivity contribution in [3.63, 3.8) is 0 Å². The molecule has 0 radical (unpaired) electrons. The Morgan fingerprint density at radius 3 is 2.71 bits per heavy atom. The van der Waals surface area contributed by atoms with Crippen molar-refractivity contribution in [2.24, 2.45) is 0 Å². The normalized spacial score (nSPS) is 12.2. The summed E-state index contributed by atoms with van der Waals surface area (Å²) in [6.45, 7) is 7.44. The van der Waals surface area contributed by atoms with Gasteiger partial charge in [0, 0.05) is 6.04 Å². The molecular weight excluding hydrogens is 326 g/mol. The first-order valence-electron chi connectivity index (χ1n) is 7.37. The molecule has 112 valence electrons. The van der Waals surface area contributed by atoms with Gasteiger partial charge < -0.3 is 10.1 Å². The standard InChI is InChI=1S/C18H22BrNO/c1-4-10-20-14(3)15-6-5-7-16(12-15)21-18-9-8-13(2)11-17(18)19/h5-9,11-12,14,20H,4,10H2,1-3H3. The molecule has 21 heavy (non-hydrogen) atoms. The SMILES string of the molecule is CCCNC(C)c1cccc(Oc2ccc(C)cc2Br)c1. The molecule has 1 N–H and O–H groups in total. The predicted molar refractivity (Wildman–Crippen MR) is 92.1 cm³/mol. The minimum atomic E-state index is 0.329. The molecule has 0 heterocycles. The third-order valence-corrected chi connectivity index (χ3v) is 3.99. The molecule has 2 aromatic rings. The second-order valence-corrected chi connectivity index (χ2v) is 6.14. The summed E-state index contributed by atoms with van der Waals surface area (Å²) in [5.41, 5.74) is 2.45. The molecule has 0 spiro atoms. The van der Waals surface area contributed by atoms with Crippen molar-refractivity contribution in [1.29, 1.82) is 0 Å². The van der Waals surface area contributed by atoms with E-state index in [0.717, 1.165) is 28.9 Å². The fourth-order valence-corrected chi connectivity index (χ4v) is 2.72. The number of benzene rings is 2. The molecule has 0 fully saturated rings. The van der Waals surface area contributed by atoms with Crippen LogP contribution in [0.2, 0.25) is 0 Å². The summed E-state index contributed by atoms with van der Waals surface area (Å²) in [6.07, 6.45) is 1.14. The molecule has 1 unspecified atom stereocenters. The highest BCUT2D eigenvalue weighted by atomic mass is 79.9. The summed E-state index contributed by atoms with van der Waals surface area (Å²) < 4.78 is 6.96. The Hall–Kier alpha value is -1.32. The van der Waals surface area contributed by atoms with E-state index in [2.05, 4.69) is 66.3 Å². The quantitative estimate of drug-likeness (QED) is 0.733. The molecule has 2 aromatic carbocycles. The van der Waals surface area contributed by atoms with E-state index >= 15 is 0 Å². The van der Waals surface area contributed by atoms with Crippen molar-refractivity contribution in [3.05, 3.63) is 58.1 Å². The molecule has 0 saturated carbocycles. The van der Waals surface area contributed by atoms with Crippen LogP contribution in [0.15, 0.2) is 46.9 Å². The molecule has 0 aliphatic rings. The van der Waals surface area contributed by atoms with Crippen LogP contribution >= 0.6 is 15.9 Å². The van der Waals surface area contributed by atoms with Gasteiger partial charge in [-0.25, -0.2) is 0 Å². The van der Waals surface area contributed by atoms with Crippen molar-refractivity contribution >= 4 is 15.9 Å². The Balaban J connectivity index is 2.13. The lowest BCUT2D eigenvalue weighted by Crippen LogP contribution is -2.19. The van der Waals surface area contributed by atoms with E-state index in [1.165, 1.54) is 11.1 Å². The summed E-state index contributed by atoms with van der Waals surface area (Å²) in [5, 5.41) is 3.49. The van der Waals surface area contributed by atoms with Crippen LogP contribution in [0.3, 0.4) is 0 Å². The molecule has 0 aliphatic carbocycles. The van der Waals surface area contributed by atoms with E-state index in [9.17, 15) is 0 Å². The van der Waals surface area contributed by atoms with Crippen LogP contribution in [-0.2, 0) is 0 Å². The maximum absolute atomic E-state index is 5.98. The van der Waals surface area contributed by atoms with Gasteiger partial charge in [0.25, 0.3) is 0 Å². The lowest BCUT2D eigenvalue weighted by atomic mass is 10.1. The van der Waals surface area contributed by atoms with E-state index in [1.807, 2.05) is 18.2 Å². The third-order valence-electron chi connectivity index (χ3n) is 3.37. The summed E-state index contributed by atoms with van der Waals surface area (Å²) in [6, 6.07) is 14.7. The summed E-state index contributed by atoms with van der Waals surface area (Å²) in [7, 11) is 0. The fourth-order valence-electron chi connectivity index (χ4n) is 2.14. The molecule has 0 aliphatic heterocycles. The predicted octanol–water partition coefficient (Wildman–Crippen LogP) is 5.61. The van der Waals surface area contributed by atoms with Gasteiger partial charge in [-0.2, -0.15) is 0 Å². The minimum absolute atomic E-state index is 0.329. The number of halogens is 1. The van der Waals surface area contributed by atoms with Crippen LogP contribution < -0.4 is 10.1 Å². The Morgan fingerprint density at radius 1 is 1.19 bits per heavy atom. The van der Waals surface area contributed by atoms with E-state index in [1.54, 1.807) is 0 Å². The van der Waals surface area contributed by atoms with E-state index in [4.69, 9.17) is 4.74 Å². The maximum Gasteiger partial charge on any atom is 0.141 e. The first kappa shape index (κ1) is 16.1. The Morgan fingerprint density at radius 2 is 2.00 bits per heavy atom. The number of hydrogen-bond donors (Lipinski definition) is 1. The number of ether oxygens (including phenoxy) is 1. The van der Waals surface area contributed by atoms with Gasteiger partial charge >= 0.3 is 0 Å². The van der Waals surface area contributed by atoms with E-state index in [0.29, 0.717) is 6.04 Å². The van der Waals surface area contributed by atoms with Crippen LogP contribution in [0.4, 0.5) is 0 Å². The van der Waals surface area contributed by atoms with E-state index in [-0.39, 0.29) is 0 Å². The zero-order chi connectivity index (χ0) is 15.2. The second-order valence-electron chi connectivity index (χ2n) is 5.28. The van der Waals surface area contributed by atoms with Gasteiger partial charge in [-0.15, -0.1) is 0 Å². The van der Waals surface area contributed by atoms with Gasteiger partial charge in [0.15, 0.2) is 0 Å². The highest BCUT2D eigenvalue weighted by Crippen LogP contribution is 2.31. The van der Waals surface area contributed by atoms with Gasteiger partial charge in [-0.1, -0.05) is 25.1 Å². The second kappa shape index (κ2) is 7.62. The van der Waals surface area contributed by atoms with Crippen LogP contribution in [0.5, 0.6) is 11.5 Å². The van der Waals surface area contributed by atoms with Crippen molar-refractivity contribution in [3.8, 4) is 11.5 Å². The first-order chi connectivity index (χ1) is 10.1. The lowest BCUT2D eigenvalue weighted by molar-refractivity contribution is 0.476. The minimum Gasteiger partial charge on any atom is -0.456 e. The first-order valence-corrected chi connectivity index (χ1v) is 8.16. The zero-order valence-electron chi connectivity index (χ0n) is 12.8. The highest BCUT2D eigenvalue weighted by Gasteiger charge is 2.07. The summed E-state index contributed by atoms with van der Waals surface area (Å²) in [5.74, 6) is 1.70. The largest absolute Gasteiger partial charge is 0.456 e. The van der Waals surface area contributed by atoms with Crippen molar-refractivity contribution in [1.82, 2.24) is 5.32 Å². The Kier molecular flexibility index (Phi) is 5.83. The molecular formula is C18H22BrNO. The van der Waals surface area contributed by atoms with Gasteiger partial charge in [0.2, 0.25) is 0 Å². The van der Waals surface area contributed by atoms with Gasteiger partial charge in [0.05, 0.1) is 4.47 Å². The number of hydrogen-bond acceptors (Lipinski definition) is 2. The van der Waals surface area contributed by atoms with Crippen LogP contribution in [0.1, 0.15) is 37.4 Å². The average molecular weight is 348 g/mol. The van der Waals surface area contributed by atoms with Gasteiger partial charge in [-0.05, 0) is 78.1 Å². The smallest absolute Gasteiger partial charge is 0.141 e. The topological polar surface area (TPSA) is 21.3 Å². The third kappa shape index (κ3) is 4.58. The number of aryl methyl sites for hydroxylation is 1. The lowest BCUT2D eigenvalue weighted by Gasteiger charge is -2.15. The van der Waals surface area contributed by atoms with Gasteiger partial charge in [0.1, 0.15) is 11.5 Å².